The molecule has 2 aromatic rings. The van der Waals surface area contributed by atoms with E-state index in [4.69, 9.17) is 21.1 Å². The summed E-state index contributed by atoms with van der Waals surface area (Å²) in [5, 5.41) is 5.21. The highest BCUT2D eigenvalue weighted by Gasteiger charge is 2.13. The zero-order chi connectivity index (χ0) is 15.2. The molecule has 1 aromatic heterocycles. The largest absolute Gasteiger partial charge is 0.467 e. The standard InChI is InChI=1S/C16H21ClN2O2/c1-4-5-8-19-15(9-12(2)18-19)14-7-6-13(17)10-16(14)21-11-20-3/h6-7,9-10H,4-5,8,11H2,1-3H3. The molecule has 1 aromatic carbocycles. The summed E-state index contributed by atoms with van der Waals surface area (Å²) in [5.41, 5.74) is 3.02. The summed E-state index contributed by atoms with van der Waals surface area (Å²) in [7, 11) is 1.60. The fraction of sp³-hybridized carbons (Fsp3) is 0.438. The first-order chi connectivity index (χ1) is 10.2. The molecule has 0 saturated carbocycles. The molecule has 0 spiro atoms. The van der Waals surface area contributed by atoms with Crippen molar-refractivity contribution in [2.24, 2.45) is 0 Å². The zero-order valence-corrected chi connectivity index (χ0v) is 13.5. The van der Waals surface area contributed by atoms with Gasteiger partial charge >= 0.3 is 0 Å². The van der Waals surface area contributed by atoms with Crippen LogP contribution in [0.25, 0.3) is 11.3 Å². The molecular formula is C16H21ClN2O2. The number of hydrogen-bond acceptors (Lipinski definition) is 3. The third-order valence-corrected chi connectivity index (χ3v) is 3.41. The molecule has 0 atom stereocenters. The summed E-state index contributed by atoms with van der Waals surface area (Å²) in [6.07, 6.45) is 2.22. The second-order valence-corrected chi connectivity index (χ2v) is 5.38. The van der Waals surface area contributed by atoms with Crippen LogP contribution in [0, 0.1) is 6.92 Å². The van der Waals surface area contributed by atoms with Gasteiger partial charge in [0, 0.05) is 24.2 Å². The van der Waals surface area contributed by atoms with Crippen LogP contribution in [-0.4, -0.2) is 23.7 Å². The molecule has 0 N–H and O–H groups in total. The van der Waals surface area contributed by atoms with E-state index in [-0.39, 0.29) is 6.79 Å². The van der Waals surface area contributed by atoms with Crippen molar-refractivity contribution < 1.29 is 9.47 Å². The highest BCUT2D eigenvalue weighted by atomic mass is 35.5. The van der Waals surface area contributed by atoms with Gasteiger partial charge in [0.05, 0.1) is 11.4 Å². The SMILES string of the molecule is CCCCn1nc(C)cc1-c1ccc(Cl)cc1OCOC. The Labute approximate surface area is 130 Å². The van der Waals surface area contributed by atoms with Gasteiger partial charge < -0.3 is 9.47 Å². The minimum Gasteiger partial charge on any atom is -0.467 e. The van der Waals surface area contributed by atoms with Crippen molar-refractivity contribution in [3.63, 3.8) is 0 Å². The van der Waals surface area contributed by atoms with Crippen molar-refractivity contribution in [2.75, 3.05) is 13.9 Å². The minimum absolute atomic E-state index is 0.190. The molecule has 1 heterocycles. The fourth-order valence-electron chi connectivity index (χ4n) is 2.19. The quantitative estimate of drug-likeness (QED) is 0.716. The van der Waals surface area contributed by atoms with Crippen molar-refractivity contribution in [1.29, 1.82) is 0 Å². The van der Waals surface area contributed by atoms with Gasteiger partial charge in [-0.25, -0.2) is 0 Å². The van der Waals surface area contributed by atoms with Gasteiger partial charge in [-0.2, -0.15) is 5.10 Å². The minimum atomic E-state index is 0.190. The lowest BCUT2D eigenvalue weighted by Crippen LogP contribution is -2.05. The molecule has 0 aliphatic carbocycles. The maximum atomic E-state index is 6.07. The molecule has 0 bridgehead atoms. The van der Waals surface area contributed by atoms with Gasteiger partial charge in [-0.15, -0.1) is 0 Å². The van der Waals surface area contributed by atoms with E-state index in [1.54, 1.807) is 7.11 Å². The van der Waals surface area contributed by atoms with Crippen LogP contribution < -0.4 is 4.74 Å². The highest BCUT2D eigenvalue weighted by molar-refractivity contribution is 6.30. The number of methoxy groups -OCH3 is 1. The summed E-state index contributed by atoms with van der Waals surface area (Å²) in [6, 6.07) is 7.70. The Morgan fingerprint density at radius 3 is 2.81 bits per heavy atom. The van der Waals surface area contributed by atoms with Gasteiger partial charge in [0.1, 0.15) is 5.75 Å². The van der Waals surface area contributed by atoms with Crippen molar-refractivity contribution in [2.45, 2.75) is 33.2 Å². The summed E-state index contributed by atoms with van der Waals surface area (Å²) >= 11 is 6.07. The number of ether oxygens (including phenoxy) is 2. The van der Waals surface area contributed by atoms with E-state index < -0.39 is 0 Å². The number of aryl methyl sites for hydroxylation is 2. The van der Waals surface area contributed by atoms with Crippen molar-refractivity contribution >= 4 is 11.6 Å². The van der Waals surface area contributed by atoms with Gasteiger partial charge in [0.25, 0.3) is 0 Å². The predicted molar refractivity (Wildman–Crippen MR) is 84.8 cm³/mol. The van der Waals surface area contributed by atoms with Crippen LogP contribution >= 0.6 is 11.6 Å². The molecule has 0 unspecified atom stereocenters. The molecule has 5 heteroatoms. The second kappa shape index (κ2) is 7.48. The Morgan fingerprint density at radius 1 is 1.29 bits per heavy atom. The van der Waals surface area contributed by atoms with Gasteiger partial charge in [-0.3, -0.25) is 4.68 Å². The Balaban J connectivity index is 2.40. The van der Waals surface area contributed by atoms with Crippen LogP contribution in [0.1, 0.15) is 25.5 Å². The third kappa shape index (κ3) is 3.99. The van der Waals surface area contributed by atoms with Gasteiger partial charge in [0.2, 0.25) is 0 Å². The van der Waals surface area contributed by atoms with Crippen molar-refractivity contribution in [3.05, 3.63) is 35.0 Å². The monoisotopic (exact) mass is 308 g/mol. The Bertz CT molecular complexity index is 596. The smallest absolute Gasteiger partial charge is 0.188 e. The number of aromatic nitrogens is 2. The van der Waals surface area contributed by atoms with E-state index in [2.05, 4.69) is 18.1 Å². The van der Waals surface area contributed by atoms with E-state index >= 15 is 0 Å². The number of rotatable bonds is 7. The molecule has 0 saturated heterocycles. The van der Waals surface area contributed by atoms with Crippen LogP contribution in [0.15, 0.2) is 24.3 Å². The molecule has 0 amide bonds. The molecule has 0 aliphatic heterocycles. The Hall–Kier alpha value is -1.52. The topological polar surface area (TPSA) is 36.3 Å². The first kappa shape index (κ1) is 15.9. The first-order valence-electron chi connectivity index (χ1n) is 7.11. The average Bonchev–Trinajstić information content (AvgIpc) is 2.83. The van der Waals surface area contributed by atoms with E-state index in [1.165, 1.54) is 0 Å². The normalized spacial score (nSPS) is 10.9. The summed E-state index contributed by atoms with van der Waals surface area (Å²) in [6.45, 7) is 5.25. The lowest BCUT2D eigenvalue weighted by atomic mass is 10.1. The average molecular weight is 309 g/mol. The third-order valence-electron chi connectivity index (χ3n) is 3.18. The van der Waals surface area contributed by atoms with Crippen LogP contribution in [0.2, 0.25) is 5.02 Å². The molecule has 114 valence electrons. The van der Waals surface area contributed by atoms with Crippen LogP contribution in [0.5, 0.6) is 5.75 Å². The fourth-order valence-corrected chi connectivity index (χ4v) is 2.35. The Morgan fingerprint density at radius 2 is 2.10 bits per heavy atom. The van der Waals surface area contributed by atoms with E-state index in [0.29, 0.717) is 10.8 Å². The van der Waals surface area contributed by atoms with Gasteiger partial charge in [-0.1, -0.05) is 24.9 Å². The Kier molecular flexibility index (Phi) is 5.65. The number of benzene rings is 1. The lowest BCUT2D eigenvalue weighted by Gasteiger charge is -2.13. The highest BCUT2D eigenvalue weighted by Crippen LogP contribution is 2.33. The van der Waals surface area contributed by atoms with E-state index in [1.807, 2.05) is 29.8 Å². The molecule has 2 rings (SSSR count). The van der Waals surface area contributed by atoms with Gasteiger partial charge in [-0.05, 0) is 37.6 Å². The van der Waals surface area contributed by atoms with Crippen LogP contribution in [0.4, 0.5) is 0 Å². The van der Waals surface area contributed by atoms with Crippen molar-refractivity contribution in [3.8, 4) is 17.0 Å². The molecular weight excluding hydrogens is 288 g/mol. The molecule has 4 nitrogen and oxygen atoms in total. The molecule has 21 heavy (non-hydrogen) atoms. The van der Waals surface area contributed by atoms with Crippen LogP contribution in [-0.2, 0) is 11.3 Å². The lowest BCUT2D eigenvalue weighted by molar-refractivity contribution is 0.0515. The molecule has 0 fully saturated rings. The van der Waals surface area contributed by atoms with Crippen LogP contribution in [0.3, 0.4) is 0 Å². The van der Waals surface area contributed by atoms with E-state index in [0.717, 1.165) is 36.3 Å². The molecule has 0 radical (unpaired) electrons. The number of halogens is 1. The second-order valence-electron chi connectivity index (χ2n) is 4.94. The molecule has 0 aliphatic rings. The summed E-state index contributed by atoms with van der Waals surface area (Å²) < 4.78 is 12.7. The number of nitrogens with zero attached hydrogens (tertiary/aromatic N) is 2. The van der Waals surface area contributed by atoms with E-state index in [9.17, 15) is 0 Å². The van der Waals surface area contributed by atoms with Gasteiger partial charge in [0.15, 0.2) is 6.79 Å². The summed E-state index contributed by atoms with van der Waals surface area (Å²) in [4.78, 5) is 0. The van der Waals surface area contributed by atoms with Crippen molar-refractivity contribution in [1.82, 2.24) is 9.78 Å². The summed E-state index contributed by atoms with van der Waals surface area (Å²) in [5.74, 6) is 0.710. The maximum absolute atomic E-state index is 6.07. The maximum Gasteiger partial charge on any atom is 0.188 e. The number of hydrogen-bond donors (Lipinski definition) is 0. The number of unbranched alkanes of at least 4 members (excludes halogenated alkanes) is 1. The first-order valence-corrected chi connectivity index (χ1v) is 7.49. The zero-order valence-electron chi connectivity index (χ0n) is 12.7. The predicted octanol–water partition coefficient (Wildman–Crippen LogP) is 4.29.